The first-order valence-corrected chi connectivity index (χ1v) is 7.48. The summed E-state index contributed by atoms with van der Waals surface area (Å²) < 4.78 is 0. The van der Waals surface area contributed by atoms with E-state index in [9.17, 15) is 0 Å². The number of hydrogen-bond acceptors (Lipinski definition) is 1. The topological polar surface area (TPSA) is 23.9 Å². The molecule has 0 radical (unpaired) electrons. The molecule has 2 aromatic carbocycles. The zero-order valence-electron chi connectivity index (χ0n) is 11.8. The van der Waals surface area contributed by atoms with Gasteiger partial charge in [0, 0.05) is 12.1 Å². The van der Waals surface area contributed by atoms with Gasteiger partial charge in [0.15, 0.2) is 0 Å². The Labute approximate surface area is 121 Å². The second-order valence-electron chi connectivity index (χ2n) is 5.85. The van der Waals surface area contributed by atoms with Crippen molar-refractivity contribution in [3.05, 3.63) is 71.3 Å². The van der Waals surface area contributed by atoms with E-state index in [0.717, 1.165) is 31.4 Å². The highest BCUT2D eigenvalue weighted by Crippen LogP contribution is 2.26. The van der Waals surface area contributed by atoms with Gasteiger partial charge in [-0.15, -0.1) is 0 Å². The van der Waals surface area contributed by atoms with Crippen molar-refractivity contribution in [2.45, 2.75) is 32.1 Å². The van der Waals surface area contributed by atoms with Crippen LogP contribution in [0.3, 0.4) is 0 Å². The molecule has 0 spiro atoms. The largest absolute Gasteiger partial charge is 0.309 e. The van der Waals surface area contributed by atoms with Crippen LogP contribution in [0, 0.1) is 11.3 Å². The minimum atomic E-state index is 0.617. The maximum atomic E-state index is 8.17. The number of fused-ring (bicyclic) bond motifs is 1. The predicted octanol–water partition coefficient (Wildman–Crippen LogP) is 4.44. The predicted molar refractivity (Wildman–Crippen MR) is 84.4 cm³/mol. The molecule has 3 rings (SSSR count). The summed E-state index contributed by atoms with van der Waals surface area (Å²) in [4.78, 5) is 0. The molecule has 102 valence electrons. The average molecular weight is 263 g/mol. The Kier molecular flexibility index (Phi) is 3.96. The van der Waals surface area contributed by atoms with Crippen LogP contribution in [0.4, 0.5) is 0 Å². The van der Waals surface area contributed by atoms with Crippen molar-refractivity contribution in [1.29, 1.82) is 5.41 Å². The SMILES string of the molecule is N=C1Cc2ccccc2CC(CCc2ccccc2)C1. The number of rotatable bonds is 3. The molecule has 0 saturated carbocycles. The Hall–Kier alpha value is -1.89. The molecular weight excluding hydrogens is 242 g/mol. The summed E-state index contributed by atoms with van der Waals surface area (Å²) in [6.07, 6.45) is 5.24. The fraction of sp³-hybridized carbons (Fsp3) is 0.316. The van der Waals surface area contributed by atoms with Crippen molar-refractivity contribution in [3.63, 3.8) is 0 Å². The molecule has 0 aliphatic heterocycles. The zero-order valence-corrected chi connectivity index (χ0v) is 11.8. The number of aryl methyl sites for hydroxylation is 1. The average Bonchev–Trinajstić information content (AvgIpc) is 2.63. The molecule has 0 heterocycles. The molecule has 0 aromatic heterocycles. The highest BCUT2D eigenvalue weighted by Gasteiger charge is 2.19. The van der Waals surface area contributed by atoms with Crippen LogP contribution in [-0.4, -0.2) is 5.71 Å². The molecule has 2 aromatic rings. The minimum Gasteiger partial charge on any atom is -0.309 e. The molecule has 1 heteroatoms. The van der Waals surface area contributed by atoms with E-state index in [1.807, 2.05) is 0 Å². The van der Waals surface area contributed by atoms with Crippen LogP contribution >= 0.6 is 0 Å². The van der Waals surface area contributed by atoms with Gasteiger partial charge in [0.2, 0.25) is 0 Å². The number of benzene rings is 2. The van der Waals surface area contributed by atoms with Gasteiger partial charge in [-0.05, 0) is 48.3 Å². The van der Waals surface area contributed by atoms with E-state index in [4.69, 9.17) is 5.41 Å². The van der Waals surface area contributed by atoms with E-state index in [2.05, 4.69) is 54.6 Å². The van der Waals surface area contributed by atoms with E-state index in [-0.39, 0.29) is 0 Å². The maximum Gasteiger partial charge on any atom is 0.0136 e. The van der Waals surface area contributed by atoms with E-state index in [1.165, 1.54) is 23.1 Å². The van der Waals surface area contributed by atoms with Crippen molar-refractivity contribution in [1.82, 2.24) is 0 Å². The molecule has 1 atom stereocenters. The molecule has 1 aliphatic rings. The molecule has 1 nitrogen and oxygen atoms in total. The molecule has 1 N–H and O–H groups in total. The Morgan fingerprint density at radius 1 is 0.850 bits per heavy atom. The van der Waals surface area contributed by atoms with Crippen molar-refractivity contribution < 1.29 is 0 Å². The highest BCUT2D eigenvalue weighted by molar-refractivity contribution is 5.84. The summed E-state index contributed by atoms with van der Waals surface area (Å²) in [7, 11) is 0. The zero-order chi connectivity index (χ0) is 13.8. The van der Waals surface area contributed by atoms with Crippen LogP contribution in [0.5, 0.6) is 0 Å². The Bertz CT molecular complexity index is 586. The lowest BCUT2D eigenvalue weighted by atomic mass is 9.90. The van der Waals surface area contributed by atoms with Crippen LogP contribution < -0.4 is 0 Å². The molecule has 1 unspecified atom stereocenters. The first-order valence-electron chi connectivity index (χ1n) is 7.48. The monoisotopic (exact) mass is 263 g/mol. The lowest BCUT2D eigenvalue weighted by molar-refractivity contribution is 0.503. The third kappa shape index (κ3) is 3.16. The summed E-state index contributed by atoms with van der Waals surface area (Å²) in [6, 6.07) is 19.3. The summed E-state index contributed by atoms with van der Waals surface area (Å²) in [5.74, 6) is 0.617. The lowest BCUT2D eigenvalue weighted by Crippen LogP contribution is -2.09. The van der Waals surface area contributed by atoms with Gasteiger partial charge < -0.3 is 5.41 Å². The Morgan fingerprint density at radius 3 is 2.35 bits per heavy atom. The van der Waals surface area contributed by atoms with Crippen LogP contribution in [0.15, 0.2) is 54.6 Å². The van der Waals surface area contributed by atoms with Crippen molar-refractivity contribution >= 4 is 5.71 Å². The molecule has 0 saturated heterocycles. The molecular formula is C19H21N. The van der Waals surface area contributed by atoms with E-state index < -0.39 is 0 Å². The summed E-state index contributed by atoms with van der Waals surface area (Å²) in [6.45, 7) is 0. The Balaban J connectivity index is 1.70. The summed E-state index contributed by atoms with van der Waals surface area (Å²) >= 11 is 0. The molecule has 0 bridgehead atoms. The third-order valence-electron chi connectivity index (χ3n) is 4.25. The fourth-order valence-electron chi connectivity index (χ4n) is 3.18. The van der Waals surface area contributed by atoms with E-state index in [1.54, 1.807) is 0 Å². The summed E-state index contributed by atoms with van der Waals surface area (Å²) in [5.41, 5.74) is 5.12. The van der Waals surface area contributed by atoms with E-state index >= 15 is 0 Å². The minimum absolute atomic E-state index is 0.617. The standard InChI is InChI=1S/C19H21N/c20-19-13-16(11-10-15-6-2-1-3-7-15)12-17-8-4-5-9-18(17)14-19/h1-9,16,20H,10-14H2. The van der Waals surface area contributed by atoms with Gasteiger partial charge in [-0.2, -0.15) is 0 Å². The molecule has 1 aliphatic carbocycles. The summed E-state index contributed by atoms with van der Waals surface area (Å²) in [5, 5.41) is 8.17. The molecule has 0 fully saturated rings. The van der Waals surface area contributed by atoms with Gasteiger partial charge in [-0.25, -0.2) is 0 Å². The number of hydrogen-bond donors (Lipinski definition) is 1. The van der Waals surface area contributed by atoms with E-state index in [0.29, 0.717) is 5.92 Å². The lowest BCUT2D eigenvalue weighted by Gasteiger charge is -2.14. The smallest absolute Gasteiger partial charge is 0.0136 e. The van der Waals surface area contributed by atoms with Crippen LogP contribution in [0.25, 0.3) is 0 Å². The van der Waals surface area contributed by atoms with Crippen LogP contribution in [0.1, 0.15) is 29.5 Å². The third-order valence-corrected chi connectivity index (χ3v) is 4.25. The van der Waals surface area contributed by atoms with Gasteiger partial charge in [0.1, 0.15) is 0 Å². The fourth-order valence-corrected chi connectivity index (χ4v) is 3.18. The quantitative estimate of drug-likeness (QED) is 0.791. The first kappa shape index (κ1) is 13.1. The highest BCUT2D eigenvalue weighted by atomic mass is 14.4. The normalized spacial score (nSPS) is 18.4. The second kappa shape index (κ2) is 6.04. The van der Waals surface area contributed by atoms with Gasteiger partial charge in [0.05, 0.1) is 0 Å². The number of nitrogens with one attached hydrogen (secondary N) is 1. The molecule has 0 amide bonds. The maximum absolute atomic E-state index is 8.17. The van der Waals surface area contributed by atoms with Crippen molar-refractivity contribution in [2.75, 3.05) is 0 Å². The Morgan fingerprint density at radius 2 is 1.55 bits per heavy atom. The van der Waals surface area contributed by atoms with Crippen LogP contribution in [0.2, 0.25) is 0 Å². The first-order chi connectivity index (χ1) is 9.81. The van der Waals surface area contributed by atoms with Gasteiger partial charge in [0.25, 0.3) is 0 Å². The van der Waals surface area contributed by atoms with Crippen molar-refractivity contribution in [3.8, 4) is 0 Å². The van der Waals surface area contributed by atoms with Crippen LogP contribution in [-0.2, 0) is 19.3 Å². The second-order valence-corrected chi connectivity index (χ2v) is 5.85. The van der Waals surface area contributed by atoms with Gasteiger partial charge in [-0.3, -0.25) is 0 Å². The van der Waals surface area contributed by atoms with Gasteiger partial charge >= 0.3 is 0 Å². The molecule has 20 heavy (non-hydrogen) atoms. The van der Waals surface area contributed by atoms with Gasteiger partial charge in [-0.1, -0.05) is 54.6 Å². The van der Waals surface area contributed by atoms with Crippen molar-refractivity contribution in [2.24, 2.45) is 5.92 Å².